The van der Waals surface area contributed by atoms with Gasteiger partial charge >= 0.3 is 0 Å². The summed E-state index contributed by atoms with van der Waals surface area (Å²) in [5.74, 6) is 0. The van der Waals surface area contributed by atoms with Crippen LogP contribution in [0.4, 0.5) is 0 Å². The minimum atomic E-state index is 0.230. The van der Waals surface area contributed by atoms with Crippen molar-refractivity contribution in [2.75, 3.05) is 19.8 Å². The highest BCUT2D eigenvalue weighted by Crippen LogP contribution is 2.21. The van der Waals surface area contributed by atoms with Crippen molar-refractivity contribution in [3.8, 4) is 0 Å². The number of hydrogen-bond donors (Lipinski definition) is 1. The molecule has 0 aliphatic carbocycles. The molecule has 17 heavy (non-hydrogen) atoms. The van der Waals surface area contributed by atoms with Gasteiger partial charge in [-0.3, -0.25) is 0 Å². The van der Waals surface area contributed by atoms with Crippen LogP contribution in [0.5, 0.6) is 0 Å². The summed E-state index contributed by atoms with van der Waals surface area (Å²) in [4.78, 5) is 0. The summed E-state index contributed by atoms with van der Waals surface area (Å²) in [5, 5.41) is 4.31. The van der Waals surface area contributed by atoms with Gasteiger partial charge in [-0.1, -0.05) is 30.7 Å². The molecule has 0 heterocycles. The Balaban J connectivity index is 2.75. The molecule has 0 aliphatic heterocycles. The van der Waals surface area contributed by atoms with E-state index in [2.05, 4.69) is 24.4 Å². The molecule has 1 aromatic carbocycles. The Hall–Kier alpha value is -0.570. The van der Waals surface area contributed by atoms with Crippen molar-refractivity contribution in [3.63, 3.8) is 0 Å². The molecule has 2 nitrogen and oxygen atoms in total. The van der Waals surface area contributed by atoms with Crippen molar-refractivity contribution < 1.29 is 4.74 Å². The average molecular weight is 256 g/mol. The van der Waals surface area contributed by atoms with Gasteiger partial charge in [-0.25, -0.2) is 0 Å². The smallest absolute Gasteiger partial charge is 0.0661 e. The third-order valence-corrected chi connectivity index (χ3v) is 3.13. The second-order valence-corrected chi connectivity index (χ2v) is 4.58. The quantitative estimate of drug-likeness (QED) is 0.802. The summed E-state index contributed by atoms with van der Waals surface area (Å²) < 4.78 is 5.51. The first kappa shape index (κ1) is 14.5. The van der Waals surface area contributed by atoms with E-state index in [4.69, 9.17) is 16.3 Å². The number of aryl methyl sites for hydroxylation is 1. The van der Waals surface area contributed by atoms with Crippen LogP contribution < -0.4 is 5.32 Å². The standard InChI is InChI=1S/C14H22ClNO/c1-4-8-16-14(10-17-5-2)12-7-6-11(3)13(15)9-12/h6-7,9,14,16H,4-5,8,10H2,1-3H3. The largest absolute Gasteiger partial charge is 0.380 e. The topological polar surface area (TPSA) is 21.3 Å². The van der Waals surface area contributed by atoms with Gasteiger partial charge in [-0.05, 0) is 44.0 Å². The van der Waals surface area contributed by atoms with Gasteiger partial charge in [0, 0.05) is 11.6 Å². The molecule has 1 rings (SSSR count). The predicted octanol–water partition coefficient (Wildman–Crippen LogP) is 3.73. The Morgan fingerprint density at radius 3 is 2.71 bits per heavy atom. The van der Waals surface area contributed by atoms with Gasteiger partial charge < -0.3 is 10.1 Å². The molecule has 1 atom stereocenters. The van der Waals surface area contributed by atoms with Gasteiger partial charge in [0.2, 0.25) is 0 Å². The zero-order chi connectivity index (χ0) is 12.7. The van der Waals surface area contributed by atoms with Crippen molar-refractivity contribution in [2.24, 2.45) is 0 Å². The molecule has 0 radical (unpaired) electrons. The third-order valence-electron chi connectivity index (χ3n) is 2.73. The number of halogens is 1. The van der Waals surface area contributed by atoms with E-state index in [-0.39, 0.29) is 6.04 Å². The number of nitrogens with one attached hydrogen (secondary N) is 1. The SMILES string of the molecule is CCCNC(COCC)c1ccc(C)c(Cl)c1. The highest BCUT2D eigenvalue weighted by atomic mass is 35.5. The summed E-state index contributed by atoms with van der Waals surface area (Å²) in [7, 11) is 0. The van der Waals surface area contributed by atoms with Crippen LogP contribution in [0.15, 0.2) is 18.2 Å². The molecule has 0 aromatic heterocycles. The van der Waals surface area contributed by atoms with Gasteiger partial charge in [0.15, 0.2) is 0 Å². The lowest BCUT2D eigenvalue weighted by molar-refractivity contribution is 0.123. The fourth-order valence-corrected chi connectivity index (χ4v) is 1.84. The van der Waals surface area contributed by atoms with Crippen molar-refractivity contribution in [1.82, 2.24) is 5.32 Å². The van der Waals surface area contributed by atoms with E-state index in [0.717, 1.165) is 30.2 Å². The lowest BCUT2D eigenvalue weighted by atomic mass is 10.1. The lowest BCUT2D eigenvalue weighted by Crippen LogP contribution is -2.26. The van der Waals surface area contributed by atoms with Crippen molar-refractivity contribution >= 4 is 11.6 Å². The van der Waals surface area contributed by atoms with Gasteiger partial charge in [-0.15, -0.1) is 0 Å². The van der Waals surface area contributed by atoms with Gasteiger partial charge in [0.25, 0.3) is 0 Å². The van der Waals surface area contributed by atoms with E-state index >= 15 is 0 Å². The van der Waals surface area contributed by atoms with Crippen molar-refractivity contribution in [2.45, 2.75) is 33.2 Å². The molecule has 0 saturated carbocycles. The normalized spacial score (nSPS) is 12.7. The summed E-state index contributed by atoms with van der Waals surface area (Å²) >= 11 is 6.16. The highest BCUT2D eigenvalue weighted by molar-refractivity contribution is 6.31. The molecular weight excluding hydrogens is 234 g/mol. The first-order chi connectivity index (χ1) is 8.19. The van der Waals surface area contributed by atoms with Crippen LogP contribution in [0.2, 0.25) is 5.02 Å². The van der Waals surface area contributed by atoms with Crippen molar-refractivity contribution in [3.05, 3.63) is 34.3 Å². The van der Waals surface area contributed by atoms with Crippen LogP contribution in [0.1, 0.15) is 37.4 Å². The van der Waals surface area contributed by atoms with E-state index < -0.39 is 0 Å². The summed E-state index contributed by atoms with van der Waals surface area (Å²) in [6.45, 7) is 8.61. The second-order valence-electron chi connectivity index (χ2n) is 4.17. The van der Waals surface area contributed by atoms with Gasteiger partial charge in [0.05, 0.1) is 12.6 Å². The maximum atomic E-state index is 6.16. The Morgan fingerprint density at radius 2 is 2.12 bits per heavy atom. The second kappa shape index (κ2) is 7.70. The molecule has 0 amide bonds. The molecule has 0 aliphatic rings. The fourth-order valence-electron chi connectivity index (χ4n) is 1.65. The molecule has 3 heteroatoms. The molecule has 96 valence electrons. The van der Waals surface area contributed by atoms with Crippen LogP contribution >= 0.6 is 11.6 Å². The number of benzene rings is 1. The fraction of sp³-hybridized carbons (Fsp3) is 0.571. The predicted molar refractivity (Wildman–Crippen MR) is 73.7 cm³/mol. The third kappa shape index (κ3) is 4.66. The van der Waals surface area contributed by atoms with Crippen LogP contribution in [-0.2, 0) is 4.74 Å². The zero-order valence-electron chi connectivity index (χ0n) is 10.9. The van der Waals surface area contributed by atoms with Crippen LogP contribution in [0.25, 0.3) is 0 Å². The van der Waals surface area contributed by atoms with E-state index in [1.165, 1.54) is 5.56 Å². The Bertz CT molecular complexity index is 333. The minimum Gasteiger partial charge on any atom is -0.380 e. The molecule has 1 aromatic rings. The van der Waals surface area contributed by atoms with Crippen LogP contribution in [-0.4, -0.2) is 19.8 Å². The maximum absolute atomic E-state index is 6.16. The summed E-state index contributed by atoms with van der Waals surface area (Å²) in [5.41, 5.74) is 2.31. The monoisotopic (exact) mass is 255 g/mol. The Labute approximate surface area is 109 Å². The summed E-state index contributed by atoms with van der Waals surface area (Å²) in [6, 6.07) is 6.44. The molecule has 0 fully saturated rings. The molecule has 1 unspecified atom stereocenters. The van der Waals surface area contributed by atoms with E-state index in [9.17, 15) is 0 Å². The lowest BCUT2D eigenvalue weighted by Gasteiger charge is -2.19. The van der Waals surface area contributed by atoms with Gasteiger partial charge in [0.1, 0.15) is 0 Å². The zero-order valence-corrected chi connectivity index (χ0v) is 11.7. The Morgan fingerprint density at radius 1 is 1.35 bits per heavy atom. The van der Waals surface area contributed by atoms with Crippen molar-refractivity contribution in [1.29, 1.82) is 0 Å². The molecule has 0 saturated heterocycles. The Kier molecular flexibility index (Phi) is 6.56. The first-order valence-corrected chi connectivity index (χ1v) is 6.64. The van der Waals surface area contributed by atoms with Gasteiger partial charge in [-0.2, -0.15) is 0 Å². The van der Waals surface area contributed by atoms with E-state index in [1.807, 2.05) is 19.9 Å². The average Bonchev–Trinajstić information content (AvgIpc) is 2.33. The number of rotatable bonds is 7. The minimum absolute atomic E-state index is 0.230. The molecular formula is C14H22ClNO. The van der Waals surface area contributed by atoms with Crippen LogP contribution in [0.3, 0.4) is 0 Å². The van der Waals surface area contributed by atoms with E-state index in [1.54, 1.807) is 0 Å². The van der Waals surface area contributed by atoms with E-state index in [0.29, 0.717) is 6.61 Å². The number of ether oxygens (including phenoxy) is 1. The number of hydrogen-bond acceptors (Lipinski definition) is 2. The van der Waals surface area contributed by atoms with Crippen LogP contribution in [0, 0.1) is 6.92 Å². The summed E-state index contributed by atoms with van der Waals surface area (Å²) in [6.07, 6.45) is 1.11. The first-order valence-electron chi connectivity index (χ1n) is 6.26. The maximum Gasteiger partial charge on any atom is 0.0661 e. The highest BCUT2D eigenvalue weighted by Gasteiger charge is 2.11. The molecule has 1 N–H and O–H groups in total. The molecule has 0 bridgehead atoms. The molecule has 0 spiro atoms.